The van der Waals surface area contributed by atoms with Gasteiger partial charge in [-0.3, -0.25) is 9.38 Å². The largest absolute Gasteiger partial charge is 0.392 e. The molecule has 0 atom stereocenters. The SMILES string of the molecule is OCc1ccccc1-c1cnc2c(NCCc3cccnc3)nccn12. The van der Waals surface area contributed by atoms with Gasteiger partial charge in [0.05, 0.1) is 18.5 Å². The van der Waals surface area contributed by atoms with Gasteiger partial charge in [-0.15, -0.1) is 0 Å². The number of fused-ring (bicyclic) bond motifs is 1. The molecule has 0 radical (unpaired) electrons. The summed E-state index contributed by atoms with van der Waals surface area (Å²) >= 11 is 0. The van der Waals surface area contributed by atoms with Crippen LogP contribution >= 0.6 is 0 Å². The lowest BCUT2D eigenvalue weighted by Gasteiger charge is -2.09. The molecule has 4 aromatic rings. The number of aliphatic hydroxyl groups excluding tert-OH is 1. The summed E-state index contributed by atoms with van der Waals surface area (Å²) in [6.45, 7) is 0.735. The number of nitrogens with zero attached hydrogens (tertiary/aromatic N) is 4. The van der Waals surface area contributed by atoms with Gasteiger partial charge in [0, 0.05) is 36.9 Å². The molecule has 0 bridgehead atoms. The molecule has 26 heavy (non-hydrogen) atoms. The fraction of sp³-hybridized carbons (Fsp3) is 0.150. The van der Waals surface area contributed by atoms with E-state index in [1.165, 1.54) is 5.56 Å². The first-order valence-corrected chi connectivity index (χ1v) is 8.51. The molecule has 6 heteroatoms. The summed E-state index contributed by atoms with van der Waals surface area (Å²) in [5.41, 5.74) is 4.71. The zero-order valence-electron chi connectivity index (χ0n) is 14.2. The van der Waals surface area contributed by atoms with Crippen molar-refractivity contribution in [1.29, 1.82) is 0 Å². The van der Waals surface area contributed by atoms with E-state index in [1.54, 1.807) is 12.4 Å². The maximum Gasteiger partial charge on any atom is 0.180 e. The van der Waals surface area contributed by atoms with E-state index >= 15 is 0 Å². The Hall–Kier alpha value is -3.25. The highest BCUT2D eigenvalue weighted by atomic mass is 16.3. The summed E-state index contributed by atoms with van der Waals surface area (Å²) in [6, 6.07) is 11.8. The average molecular weight is 345 g/mol. The molecular weight excluding hydrogens is 326 g/mol. The van der Waals surface area contributed by atoms with Crippen molar-refractivity contribution in [2.24, 2.45) is 0 Å². The van der Waals surface area contributed by atoms with Crippen molar-refractivity contribution in [3.63, 3.8) is 0 Å². The summed E-state index contributed by atoms with van der Waals surface area (Å²) in [5, 5.41) is 13.0. The Morgan fingerprint density at radius 2 is 1.92 bits per heavy atom. The molecule has 3 aromatic heterocycles. The molecule has 0 saturated carbocycles. The van der Waals surface area contributed by atoms with Gasteiger partial charge in [-0.1, -0.05) is 30.3 Å². The molecule has 1 aromatic carbocycles. The van der Waals surface area contributed by atoms with Crippen LogP contribution in [0.3, 0.4) is 0 Å². The van der Waals surface area contributed by atoms with Crippen molar-refractivity contribution < 1.29 is 5.11 Å². The molecule has 0 spiro atoms. The Morgan fingerprint density at radius 1 is 1.00 bits per heavy atom. The normalized spacial score (nSPS) is 11.0. The lowest BCUT2D eigenvalue weighted by molar-refractivity contribution is 0.282. The zero-order chi connectivity index (χ0) is 17.8. The summed E-state index contributed by atoms with van der Waals surface area (Å²) in [4.78, 5) is 13.1. The van der Waals surface area contributed by atoms with E-state index < -0.39 is 0 Å². The fourth-order valence-corrected chi connectivity index (χ4v) is 3.02. The number of rotatable bonds is 6. The highest BCUT2D eigenvalue weighted by Crippen LogP contribution is 2.26. The summed E-state index contributed by atoms with van der Waals surface area (Å²) in [6.07, 6.45) is 9.96. The van der Waals surface area contributed by atoms with Crippen LogP contribution in [-0.2, 0) is 13.0 Å². The van der Waals surface area contributed by atoms with Crippen molar-refractivity contribution in [2.45, 2.75) is 13.0 Å². The molecule has 0 saturated heterocycles. The molecule has 130 valence electrons. The van der Waals surface area contributed by atoms with Gasteiger partial charge in [0.15, 0.2) is 11.5 Å². The van der Waals surface area contributed by atoms with Crippen LogP contribution < -0.4 is 5.32 Å². The van der Waals surface area contributed by atoms with Gasteiger partial charge >= 0.3 is 0 Å². The van der Waals surface area contributed by atoms with Crippen LogP contribution in [0.1, 0.15) is 11.1 Å². The molecule has 2 N–H and O–H groups in total. The number of imidazole rings is 1. The molecule has 3 heterocycles. The summed E-state index contributed by atoms with van der Waals surface area (Å²) in [7, 11) is 0. The van der Waals surface area contributed by atoms with Crippen molar-refractivity contribution in [2.75, 3.05) is 11.9 Å². The second-order valence-electron chi connectivity index (χ2n) is 5.97. The van der Waals surface area contributed by atoms with Crippen LogP contribution in [0.25, 0.3) is 16.9 Å². The molecule has 4 rings (SSSR count). The highest BCUT2D eigenvalue weighted by molar-refractivity contribution is 5.72. The quantitative estimate of drug-likeness (QED) is 0.562. The van der Waals surface area contributed by atoms with Crippen LogP contribution in [-0.4, -0.2) is 31.0 Å². The van der Waals surface area contributed by atoms with E-state index in [9.17, 15) is 5.11 Å². The number of benzene rings is 1. The van der Waals surface area contributed by atoms with Crippen molar-refractivity contribution >= 4 is 11.5 Å². The molecule has 6 nitrogen and oxygen atoms in total. The predicted molar refractivity (Wildman–Crippen MR) is 101 cm³/mol. The van der Waals surface area contributed by atoms with E-state index in [2.05, 4.69) is 26.3 Å². The maximum absolute atomic E-state index is 9.61. The topological polar surface area (TPSA) is 75.3 Å². The van der Waals surface area contributed by atoms with E-state index in [4.69, 9.17) is 0 Å². The second kappa shape index (κ2) is 7.33. The predicted octanol–water partition coefficient (Wildman–Crippen LogP) is 2.94. The van der Waals surface area contributed by atoms with Crippen LogP contribution in [0.5, 0.6) is 0 Å². The van der Waals surface area contributed by atoms with Gasteiger partial charge < -0.3 is 10.4 Å². The lowest BCUT2D eigenvalue weighted by Crippen LogP contribution is -2.08. The molecule has 0 fully saturated rings. The van der Waals surface area contributed by atoms with Gasteiger partial charge in [0.2, 0.25) is 0 Å². The van der Waals surface area contributed by atoms with Gasteiger partial charge in [-0.05, 0) is 23.6 Å². The van der Waals surface area contributed by atoms with E-state index in [1.807, 2.05) is 53.3 Å². The average Bonchev–Trinajstić information content (AvgIpc) is 3.13. The van der Waals surface area contributed by atoms with Crippen molar-refractivity contribution in [1.82, 2.24) is 19.4 Å². The van der Waals surface area contributed by atoms with Gasteiger partial charge in [0.1, 0.15) is 0 Å². The number of hydrogen-bond acceptors (Lipinski definition) is 5. The Kier molecular flexibility index (Phi) is 4.57. The zero-order valence-corrected chi connectivity index (χ0v) is 14.2. The molecule has 0 aliphatic carbocycles. The third-order valence-electron chi connectivity index (χ3n) is 4.32. The third-order valence-corrected chi connectivity index (χ3v) is 4.32. The van der Waals surface area contributed by atoms with Crippen molar-refractivity contribution in [3.8, 4) is 11.3 Å². The first-order chi connectivity index (χ1) is 12.9. The van der Waals surface area contributed by atoms with Crippen LogP contribution in [0.2, 0.25) is 0 Å². The molecule has 0 aliphatic heterocycles. The van der Waals surface area contributed by atoms with E-state index in [0.29, 0.717) is 0 Å². The summed E-state index contributed by atoms with van der Waals surface area (Å²) in [5.74, 6) is 0.740. The lowest BCUT2D eigenvalue weighted by atomic mass is 10.1. The van der Waals surface area contributed by atoms with Gasteiger partial charge in [-0.25, -0.2) is 9.97 Å². The first kappa shape index (κ1) is 16.2. The van der Waals surface area contributed by atoms with Crippen LogP contribution in [0.4, 0.5) is 5.82 Å². The smallest absolute Gasteiger partial charge is 0.180 e. The Labute approximate surface area is 151 Å². The number of hydrogen-bond donors (Lipinski definition) is 2. The monoisotopic (exact) mass is 345 g/mol. The van der Waals surface area contributed by atoms with Gasteiger partial charge in [0.25, 0.3) is 0 Å². The minimum absolute atomic E-state index is 0.00922. The molecule has 0 aliphatic rings. The Morgan fingerprint density at radius 3 is 2.77 bits per heavy atom. The minimum atomic E-state index is -0.00922. The minimum Gasteiger partial charge on any atom is -0.392 e. The summed E-state index contributed by atoms with van der Waals surface area (Å²) < 4.78 is 1.99. The fourth-order valence-electron chi connectivity index (χ4n) is 3.02. The third kappa shape index (κ3) is 3.14. The number of pyridine rings is 1. The van der Waals surface area contributed by atoms with E-state index in [0.717, 1.165) is 41.3 Å². The van der Waals surface area contributed by atoms with Crippen molar-refractivity contribution in [3.05, 3.63) is 78.5 Å². The number of aromatic nitrogens is 4. The second-order valence-corrected chi connectivity index (χ2v) is 5.97. The highest BCUT2D eigenvalue weighted by Gasteiger charge is 2.12. The molecule has 0 unspecified atom stereocenters. The number of nitrogens with one attached hydrogen (secondary N) is 1. The standard InChI is InChI=1S/C20H19N5O/c26-14-16-5-1-2-6-17(16)18-13-24-20-19(23-10-11-25(18)20)22-9-7-15-4-3-8-21-12-15/h1-6,8,10-13,26H,7,9,14H2,(H,22,23). The number of aliphatic hydroxyl groups is 1. The molecule has 0 amide bonds. The Balaban J connectivity index is 1.61. The molecular formula is C20H19N5O. The van der Waals surface area contributed by atoms with Crippen LogP contribution in [0, 0.1) is 0 Å². The van der Waals surface area contributed by atoms with Crippen LogP contribution in [0.15, 0.2) is 67.4 Å². The van der Waals surface area contributed by atoms with Gasteiger partial charge in [-0.2, -0.15) is 0 Å². The first-order valence-electron chi connectivity index (χ1n) is 8.51. The van der Waals surface area contributed by atoms with E-state index in [-0.39, 0.29) is 6.61 Å². The Bertz CT molecular complexity index is 1010. The maximum atomic E-state index is 9.61. The number of anilines is 1.